The molecule has 1 fully saturated rings. The number of rotatable bonds is 4. The summed E-state index contributed by atoms with van der Waals surface area (Å²) in [5.41, 5.74) is 5.64. The minimum atomic E-state index is 0.0445. The number of nitrogens with zero attached hydrogens (tertiary/aromatic N) is 1. The molecule has 24 heavy (non-hydrogen) atoms. The first kappa shape index (κ1) is 15.3. The van der Waals surface area contributed by atoms with Gasteiger partial charge in [0, 0.05) is 16.7 Å². The van der Waals surface area contributed by atoms with Crippen LogP contribution in [0.25, 0.3) is 11.3 Å². The van der Waals surface area contributed by atoms with Crippen molar-refractivity contribution in [3.05, 3.63) is 70.4 Å². The highest BCUT2D eigenvalue weighted by atomic mass is 35.5. The summed E-state index contributed by atoms with van der Waals surface area (Å²) < 4.78 is 5.27. The van der Waals surface area contributed by atoms with Crippen LogP contribution in [0.2, 0.25) is 5.02 Å². The van der Waals surface area contributed by atoms with Crippen LogP contribution in [-0.4, -0.2) is 17.3 Å². The van der Waals surface area contributed by atoms with E-state index in [1.807, 2.05) is 36.4 Å². The van der Waals surface area contributed by atoms with Gasteiger partial charge in [-0.05, 0) is 49.1 Å². The quantitative estimate of drug-likeness (QED) is 0.716. The van der Waals surface area contributed by atoms with Crippen molar-refractivity contribution in [3.63, 3.8) is 0 Å². The van der Waals surface area contributed by atoms with Gasteiger partial charge >= 0.3 is 0 Å². The number of ether oxygens (including phenoxy) is 1. The van der Waals surface area contributed by atoms with E-state index in [4.69, 9.17) is 16.3 Å². The monoisotopic (exact) mass is 338 g/mol. The van der Waals surface area contributed by atoms with E-state index >= 15 is 0 Å². The molecule has 122 valence electrons. The van der Waals surface area contributed by atoms with Crippen molar-refractivity contribution < 1.29 is 4.74 Å². The van der Waals surface area contributed by atoms with Crippen LogP contribution in [0.4, 0.5) is 0 Å². The number of methoxy groups -OCH3 is 1. The molecule has 0 spiro atoms. The van der Waals surface area contributed by atoms with Gasteiger partial charge in [-0.3, -0.25) is 5.10 Å². The Morgan fingerprint density at radius 2 is 1.79 bits per heavy atom. The van der Waals surface area contributed by atoms with Gasteiger partial charge < -0.3 is 4.74 Å². The number of halogens is 1. The maximum Gasteiger partial charge on any atom is 0.118 e. The molecule has 1 heterocycles. The molecular formula is C20H19ClN2O. The zero-order valence-corrected chi connectivity index (χ0v) is 14.5. The van der Waals surface area contributed by atoms with Gasteiger partial charge in [0.15, 0.2) is 0 Å². The summed E-state index contributed by atoms with van der Waals surface area (Å²) >= 11 is 6.35. The highest BCUT2D eigenvalue weighted by molar-refractivity contribution is 6.33. The summed E-state index contributed by atoms with van der Waals surface area (Å²) in [5.74, 6) is 0.882. The molecule has 0 unspecified atom stereocenters. The Morgan fingerprint density at radius 1 is 1.08 bits per heavy atom. The van der Waals surface area contributed by atoms with Crippen molar-refractivity contribution in [2.45, 2.75) is 25.2 Å². The minimum absolute atomic E-state index is 0.0445. The molecule has 0 bridgehead atoms. The van der Waals surface area contributed by atoms with E-state index in [2.05, 4.69) is 29.3 Å². The Bertz CT molecular complexity index is 879. The van der Waals surface area contributed by atoms with E-state index in [-0.39, 0.29) is 5.41 Å². The number of nitrogens with one attached hydrogen (secondary N) is 1. The Kier molecular flexibility index (Phi) is 3.61. The molecule has 0 atom stereocenters. The lowest BCUT2D eigenvalue weighted by Crippen LogP contribution is -2.10. The molecule has 0 radical (unpaired) electrons. The predicted octanol–water partition coefficient (Wildman–Crippen LogP) is 5.13. The number of aromatic amines is 1. The molecule has 1 N–H and O–H groups in total. The fourth-order valence-electron chi connectivity index (χ4n) is 3.50. The Morgan fingerprint density at radius 3 is 2.42 bits per heavy atom. The van der Waals surface area contributed by atoms with E-state index in [1.54, 1.807) is 7.11 Å². The Balaban J connectivity index is 1.76. The van der Waals surface area contributed by atoms with Gasteiger partial charge in [0.05, 0.1) is 17.8 Å². The van der Waals surface area contributed by atoms with Crippen LogP contribution < -0.4 is 4.74 Å². The molecule has 0 aliphatic heterocycles. The topological polar surface area (TPSA) is 37.9 Å². The number of benzene rings is 2. The lowest BCUT2D eigenvalue weighted by Gasteiger charge is -2.16. The van der Waals surface area contributed by atoms with Gasteiger partial charge in [-0.15, -0.1) is 0 Å². The molecule has 1 aliphatic carbocycles. The maximum atomic E-state index is 6.35. The van der Waals surface area contributed by atoms with E-state index in [0.29, 0.717) is 0 Å². The van der Waals surface area contributed by atoms with Gasteiger partial charge in [0.25, 0.3) is 0 Å². The Hall–Kier alpha value is -2.26. The molecule has 0 amide bonds. The van der Waals surface area contributed by atoms with Gasteiger partial charge in [0.2, 0.25) is 0 Å². The van der Waals surface area contributed by atoms with E-state index < -0.39 is 0 Å². The number of hydrogen-bond acceptors (Lipinski definition) is 2. The maximum absolute atomic E-state index is 6.35. The van der Waals surface area contributed by atoms with E-state index in [9.17, 15) is 0 Å². The molecule has 2 aromatic carbocycles. The van der Waals surface area contributed by atoms with E-state index in [0.717, 1.165) is 34.9 Å². The fraction of sp³-hybridized carbons (Fsp3) is 0.250. The first-order valence-corrected chi connectivity index (χ1v) is 8.48. The molecule has 4 heteroatoms. The number of H-pyrrole nitrogens is 1. The molecule has 0 saturated heterocycles. The molecule has 1 aliphatic rings. The first-order chi connectivity index (χ1) is 11.7. The first-order valence-electron chi connectivity index (χ1n) is 8.10. The van der Waals surface area contributed by atoms with Gasteiger partial charge in [-0.25, -0.2) is 0 Å². The molecule has 4 rings (SSSR count). The van der Waals surface area contributed by atoms with Crippen LogP contribution in [-0.2, 0) is 5.41 Å². The van der Waals surface area contributed by atoms with E-state index in [1.165, 1.54) is 16.8 Å². The summed E-state index contributed by atoms with van der Waals surface area (Å²) in [7, 11) is 1.69. The highest BCUT2D eigenvalue weighted by Gasteiger charge is 2.48. The predicted molar refractivity (Wildman–Crippen MR) is 96.8 cm³/mol. The SMILES string of the molecule is COc1ccc(C2(c3[nH]nc(-c4ccccc4Cl)c3C)CC2)cc1. The summed E-state index contributed by atoms with van der Waals surface area (Å²) in [5, 5.41) is 8.60. The molecule has 1 saturated carbocycles. The van der Waals surface area contributed by atoms with Crippen LogP contribution in [0.3, 0.4) is 0 Å². The van der Waals surface area contributed by atoms with Gasteiger partial charge in [0.1, 0.15) is 5.75 Å². The average molecular weight is 339 g/mol. The lowest BCUT2D eigenvalue weighted by molar-refractivity contribution is 0.414. The third kappa shape index (κ3) is 2.31. The molecule has 3 aromatic rings. The smallest absolute Gasteiger partial charge is 0.118 e. The largest absolute Gasteiger partial charge is 0.497 e. The second-order valence-corrected chi connectivity index (χ2v) is 6.77. The zero-order valence-electron chi connectivity index (χ0n) is 13.8. The van der Waals surface area contributed by atoms with Crippen molar-refractivity contribution >= 4 is 11.6 Å². The summed E-state index contributed by atoms with van der Waals surface area (Å²) in [6, 6.07) is 16.2. The normalized spacial score (nSPS) is 15.3. The number of aromatic nitrogens is 2. The minimum Gasteiger partial charge on any atom is -0.497 e. The molecular weight excluding hydrogens is 320 g/mol. The number of hydrogen-bond donors (Lipinski definition) is 1. The second-order valence-electron chi connectivity index (χ2n) is 6.36. The third-order valence-electron chi connectivity index (χ3n) is 5.01. The van der Waals surface area contributed by atoms with Crippen LogP contribution >= 0.6 is 11.6 Å². The standard InChI is InChI=1S/C20H19ClN2O/c1-13-18(16-5-3-4-6-17(16)21)22-23-19(13)20(11-12-20)14-7-9-15(24-2)10-8-14/h3-10H,11-12H2,1-2H3,(H,22,23). The summed E-state index contributed by atoms with van der Waals surface area (Å²) in [6.45, 7) is 2.13. The van der Waals surface area contributed by atoms with Crippen molar-refractivity contribution in [1.29, 1.82) is 0 Å². The molecule has 3 nitrogen and oxygen atoms in total. The summed E-state index contributed by atoms with van der Waals surface area (Å²) in [4.78, 5) is 0. The summed E-state index contributed by atoms with van der Waals surface area (Å²) in [6.07, 6.45) is 2.26. The van der Waals surface area contributed by atoms with Crippen molar-refractivity contribution in [1.82, 2.24) is 10.2 Å². The van der Waals surface area contributed by atoms with Crippen molar-refractivity contribution in [2.24, 2.45) is 0 Å². The van der Waals surface area contributed by atoms with Crippen LogP contribution in [0.15, 0.2) is 48.5 Å². The van der Waals surface area contributed by atoms with Crippen molar-refractivity contribution in [2.75, 3.05) is 7.11 Å². The molecule has 1 aromatic heterocycles. The Labute approximate surface area is 146 Å². The average Bonchev–Trinajstić information content (AvgIpc) is 3.33. The van der Waals surface area contributed by atoms with Gasteiger partial charge in [-0.1, -0.05) is 41.9 Å². The van der Waals surface area contributed by atoms with Crippen LogP contribution in [0, 0.1) is 6.92 Å². The zero-order chi connectivity index (χ0) is 16.7. The fourth-order valence-corrected chi connectivity index (χ4v) is 3.72. The second kappa shape index (κ2) is 5.67. The lowest BCUT2D eigenvalue weighted by atomic mass is 9.89. The van der Waals surface area contributed by atoms with Crippen LogP contribution in [0.5, 0.6) is 5.75 Å². The third-order valence-corrected chi connectivity index (χ3v) is 5.34. The highest BCUT2D eigenvalue weighted by Crippen LogP contribution is 2.54. The van der Waals surface area contributed by atoms with Crippen molar-refractivity contribution in [3.8, 4) is 17.0 Å². The van der Waals surface area contributed by atoms with Gasteiger partial charge in [-0.2, -0.15) is 5.10 Å². The van der Waals surface area contributed by atoms with Crippen LogP contribution in [0.1, 0.15) is 29.7 Å².